The number of likely N-dealkylation sites (N-methyl/N-ethyl adjacent to an activating group) is 1. The largest absolute Gasteiger partial charge is 0.368 e. The Labute approximate surface area is 197 Å². The zero-order valence-corrected chi connectivity index (χ0v) is 19.6. The number of nitrogens with one attached hydrogen (secondary N) is 2. The number of thiophene rings is 1. The van der Waals surface area contributed by atoms with Gasteiger partial charge in [-0.1, -0.05) is 6.07 Å². The van der Waals surface area contributed by atoms with Gasteiger partial charge in [-0.3, -0.25) is 4.99 Å². The molecule has 4 N–H and O–H groups in total. The predicted octanol–water partition coefficient (Wildman–Crippen LogP) is 4.27. The topological polar surface area (TPSA) is 91.5 Å². The Kier molecular flexibility index (Phi) is 6.04. The molecule has 2 aromatic carbocycles. The number of nitrogens with two attached hydrogens (primary N) is 1. The fourth-order valence-electron chi connectivity index (χ4n) is 3.98. The second-order valence-corrected chi connectivity index (χ2v) is 9.53. The van der Waals surface area contributed by atoms with Gasteiger partial charge in [-0.25, -0.2) is 4.98 Å². The number of hydrogen-bond donors (Lipinski definition) is 3. The Morgan fingerprint density at radius 2 is 2.03 bits per heavy atom. The normalized spacial score (nSPS) is 12.6. The van der Waals surface area contributed by atoms with Gasteiger partial charge in [0.25, 0.3) is 0 Å². The quantitative estimate of drug-likeness (QED) is 0.342. The maximum atomic E-state index is 5.74. The lowest BCUT2D eigenvalue weighted by molar-refractivity contribution is 0.400. The highest BCUT2D eigenvalue weighted by Gasteiger charge is 2.17. The fraction of sp³-hybridized carbons (Fsp3) is 0.240. The molecule has 1 aliphatic rings. The number of hydrogen-bond acceptors (Lipinski definition) is 8. The van der Waals surface area contributed by atoms with Crippen LogP contribution in [0.1, 0.15) is 16.7 Å². The van der Waals surface area contributed by atoms with Crippen LogP contribution in [0, 0.1) is 0 Å². The molecule has 0 fully saturated rings. The second-order valence-electron chi connectivity index (χ2n) is 8.45. The van der Waals surface area contributed by atoms with Gasteiger partial charge in [0.1, 0.15) is 5.82 Å². The third-order valence-electron chi connectivity index (χ3n) is 5.62. The highest BCUT2D eigenvalue weighted by molar-refractivity contribution is 7.22. The number of rotatable bonds is 8. The van der Waals surface area contributed by atoms with E-state index in [9.17, 15) is 0 Å². The molecule has 1 aliphatic heterocycles. The van der Waals surface area contributed by atoms with Gasteiger partial charge in [-0.2, -0.15) is 4.98 Å². The van der Waals surface area contributed by atoms with Gasteiger partial charge >= 0.3 is 0 Å². The van der Waals surface area contributed by atoms with Crippen LogP contribution < -0.4 is 16.4 Å². The maximum absolute atomic E-state index is 5.74. The number of aromatic nitrogens is 2. The van der Waals surface area contributed by atoms with Crippen molar-refractivity contribution in [2.75, 3.05) is 38.2 Å². The second kappa shape index (κ2) is 9.27. The molecule has 0 saturated carbocycles. The van der Waals surface area contributed by atoms with Crippen molar-refractivity contribution in [1.29, 1.82) is 0 Å². The van der Waals surface area contributed by atoms with E-state index in [2.05, 4.69) is 81.0 Å². The van der Waals surface area contributed by atoms with Gasteiger partial charge in [0.05, 0.1) is 6.54 Å². The van der Waals surface area contributed by atoms with Crippen LogP contribution in [-0.2, 0) is 13.1 Å². The monoisotopic (exact) mass is 457 g/mol. The molecule has 168 valence electrons. The van der Waals surface area contributed by atoms with E-state index in [1.54, 1.807) is 6.20 Å². The van der Waals surface area contributed by atoms with Gasteiger partial charge in [-0.05, 0) is 72.6 Å². The lowest BCUT2D eigenvalue weighted by atomic mass is 10.00. The number of aliphatic imine (C=N–C) groups is 1. The van der Waals surface area contributed by atoms with Gasteiger partial charge in [0, 0.05) is 52.9 Å². The minimum absolute atomic E-state index is 0.250. The van der Waals surface area contributed by atoms with E-state index in [1.807, 2.05) is 23.6 Å². The summed E-state index contributed by atoms with van der Waals surface area (Å²) in [4.78, 5) is 16.2. The van der Waals surface area contributed by atoms with Gasteiger partial charge < -0.3 is 21.3 Å². The molecule has 7 nitrogen and oxygen atoms in total. The molecule has 0 spiro atoms. The van der Waals surface area contributed by atoms with Crippen molar-refractivity contribution in [2.24, 2.45) is 4.99 Å². The molecule has 0 saturated heterocycles. The van der Waals surface area contributed by atoms with Gasteiger partial charge in [0.2, 0.25) is 5.95 Å². The van der Waals surface area contributed by atoms with Crippen molar-refractivity contribution in [1.82, 2.24) is 20.2 Å². The van der Waals surface area contributed by atoms with Crippen molar-refractivity contribution in [3.63, 3.8) is 0 Å². The molecule has 2 aromatic heterocycles. The molecular formula is C25H27N7S. The molecular weight excluding hydrogens is 430 g/mol. The minimum Gasteiger partial charge on any atom is -0.368 e. The molecule has 33 heavy (non-hydrogen) atoms. The molecule has 0 bridgehead atoms. The Morgan fingerprint density at radius 1 is 1.12 bits per heavy atom. The third kappa shape index (κ3) is 4.88. The third-order valence-corrected chi connectivity index (χ3v) is 6.77. The number of anilines is 3. The maximum Gasteiger partial charge on any atom is 0.221 e. The first-order valence-corrected chi connectivity index (χ1v) is 11.8. The van der Waals surface area contributed by atoms with E-state index in [1.165, 1.54) is 31.7 Å². The first kappa shape index (κ1) is 21.5. The van der Waals surface area contributed by atoms with Crippen molar-refractivity contribution in [2.45, 2.75) is 13.1 Å². The van der Waals surface area contributed by atoms with Crippen LogP contribution in [0.25, 0.3) is 20.5 Å². The summed E-state index contributed by atoms with van der Waals surface area (Å²) < 4.78 is 1.29. The van der Waals surface area contributed by atoms with Crippen molar-refractivity contribution in [3.8, 4) is 10.4 Å². The Balaban J connectivity index is 1.43. The lowest BCUT2D eigenvalue weighted by Gasteiger charge is -2.12. The summed E-state index contributed by atoms with van der Waals surface area (Å²) in [5.74, 6) is 0.922. The van der Waals surface area contributed by atoms with Crippen LogP contribution in [-0.4, -0.2) is 48.3 Å². The number of benzene rings is 2. The van der Waals surface area contributed by atoms with E-state index in [4.69, 9.17) is 5.73 Å². The molecule has 0 radical (unpaired) electrons. The van der Waals surface area contributed by atoms with Crippen LogP contribution in [0.3, 0.4) is 0 Å². The van der Waals surface area contributed by atoms with E-state index in [-0.39, 0.29) is 5.95 Å². The average molecular weight is 458 g/mol. The van der Waals surface area contributed by atoms with Crippen LogP contribution in [0.5, 0.6) is 0 Å². The minimum atomic E-state index is 0.250. The summed E-state index contributed by atoms with van der Waals surface area (Å²) in [5.41, 5.74) is 11.6. The molecule has 4 aromatic rings. The first-order chi connectivity index (χ1) is 16.0. The summed E-state index contributed by atoms with van der Waals surface area (Å²) in [7, 11) is 4.19. The van der Waals surface area contributed by atoms with E-state index in [0.29, 0.717) is 12.4 Å². The molecule has 5 rings (SSSR count). The molecule has 3 heterocycles. The summed E-state index contributed by atoms with van der Waals surface area (Å²) >= 11 is 1.82. The van der Waals surface area contributed by atoms with Gasteiger partial charge in [-0.15, -0.1) is 11.3 Å². The standard InChI is InChI=1S/C25H27N7S/c1-32(2)8-7-27-13-16-3-4-22-17(9-16)11-23(33-22)20-12-19(10-18-14-28-15-21(18)20)30-24-5-6-29-25(26)31-24/h3-6,9-12,14,27H,7-8,13,15H2,1-2H3,(H3,26,29,30,31). The molecule has 0 aliphatic carbocycles. The smallest absolute Gasteiger partial charge is 0.221 e. The van der Waals surface area contributed by atoms with E-state index < -0.39 is 0 Å². The molecule has 8 heteroatoms. The van der Waals surface area contributed by atoms with Crippen LogP contribution in [0.4, 0.5) is 17.5 Å². The predicted molar refractivity (Wildman–Crippen MR) is 139 cm³/mol. The Morgan fingerprint density at radius 3 is 2.88 bits per heavy atom. The zero-order valence-electron chi connectivity index (χ0n) is 18.8. The summed E-state index contributed by atoms with van der Waals surface area (Å²) in [5, 5.41) is 8.16. The lowest BCUT2D eigenvalue weighted by Crippen LogP contribution is -2.26. The number of nitrogen functional groups attached to an aromatic ring is 1. The molecule has 0 unspecified atom stereocenters. The Hall–Kier alpha value is -3.33. The zero-order chi connectivity index (χ0) is 22.8. The first-order valence-electron chi connectivity index (χ1n) is 11.0. The van der Waals surface area contributed by atoms with Crippen LogP contribution in [0.2, 0.25) is 0 Å². The van der Waals surface area contributed by atoms with Crippen LogP contribution >= 0.6 is 11.3 Å². The summed E-state index contributed by atoms with van der Waals surface area (Å²) in [6, 6.07) is 15.1. The van der Waals surface area contributed by atoms with E-state index in [0.717, 1.165) is 30.9 Å². The number of nitrogens with zero attached hydrogens (tertiary/aromatic N) is 4. The summed E-state index contributed by atoms with van der Waals surface area (Å²) in [6.45, 7) is 3.59. The Bertz CT molecular complexity index is 1330. The fourth-order valence-corrected chi connectivity index (χ4v) is 5.06. The van der Waals surface area contributed by atoms with Crippen molar-refractivity contribution < 1.29 is 0 Å². The van der Waals surface area contributed by atoms with E-state index >= 15 is 0 Å². The van der Waals surface area contributed by atoms with Crippen molar-refractivity contribution >= 4 is 45.1 Å². The van der Waals surface area contributed by atoms with Crippen molar-refractivity contribution in [3.05, 3.63) is 65.4 Å². The highest BCUT2D eigenvalue weighted by atomic mass is 32.1. The van der Waals surface area contributed by atoms with Gasteiger partial charge in [0.15, 0.2) is 0 Å². The molecule has 0 amide bonds. The average Bonchev–Trinajstić information content (AvgIpc) is 3.42. The van der Waals surface area contributed by atoms with Crippen LogP contribution in [0.15, 0.2) is 53.7 Å². The SMILES string of the molecule is CN(C)CCNCc1ccc2sc(-c3cc(Nc4ccnc(N)n4)cc4c3CN=C4)cc2c1. The number of fused-ring (bicyclic) bond motifs is 2. The summed E-state index contributed by atoms with van der Waals surface area (Å²) in [6.07, 6.45) is 3.60. The molecule has 0 atom stereocenters. The highest BCUT2D eigenvalue weighted by Crippen LogP contribution is 2.39.